The molecule has 27 heavy (non-hydrogen) atoms. The maximum absolute atomic E-state index is 12.5. The van der Waals surface area contributed by atoms with E-state index in [2.05, 4.69) is 63.0 Å². The highest BCUT2D eigenvalue weighted by molar-refractivity contribution is 6.74. The molecule has 1 aliphatic rings. The van der Waals surface area contributed by atoms with Crippen LogP contribution >= 0.6 is 0 Å². The Morgan fingerprint density at radius 3 is 2.48 bits per heavy atom. The monoisotopic (exact) mass is 391 g/mol. The summed E-state index contributed by atoms with van der Waals surface area (Å²) >= 11 is 0. The number of hydrogen-bond donors (Lipinski definition) is 0. The maximum atomic E-state index is 12.5. The Morgan fingerprint density at radius 1 is 1.22 bits per heavy atom. The standard InChI is InChI=1S/C22H37NO3Si/c1-7-25-21(24)20-16-19(26-27(5,6)22(2,3)4)17-23(20)15-11-14-18-12-9-8-10-13-18/h8-10,12-13,19-20H,7,11,14-17H2,1-6H3/t19-,20+/m1/s1. The summed E-state index contributed by atoms with van der Waals surface area (Å²) in [6, 6.07) is 10.4. The summed E-state index contributed by atoms with van der Waals surface area (Å²) in [7, 11) is -1.85. The quantitative estimate of drug-likeness (QED) is 0.478. The summed E-state index contributed by atoms with van der Waals surface area (Å²) in [6.45, 7) is 15.4. The average Bonchev–Trinajstić information content (AvgIpc) is 2.97. The van der Waals surface area contributed by atoms with E-state index in [0.717, 1.165) is 32.4 Å². The van der Waals surface area contributed by atoms with Crippen molar-refractivity contribution in [3.05, 3.63) is 35.9 Å². The Labute approximate surface area is 166 Å². The van der Waals surface area contributed by atoms with Crippen LogP contribution < -0.4 is 0 Å². The number of hydrogen-bond acceptors (Lipinski definition) is 4. The second-order valence-electron chi connectivity index (χ2n) is 9.09. The molecule has 0 unspecified atom stereocenters. The minimum absolute atomic E-state index is 0.0986. The zero-order valence-corrected chi connectivity index (χ0v) is 19.0. The van der Waals surface area contributed by atoms with Crippen LogP contribution in [0.2, 0.25) is 18.1 Å². The van der Waals surface area contributed by atoms with Gasteiger partial charge in [-0.1, -0.05) is 51.1 Å². The fourth-order valence-corrected chi connectivity index (χ4v) is 4.76. The molecule has 0 aromatic heterocycles. The lowest BCUT2D eigenvalue weighted by Gasteiger charge is -2.38. The molecule has 1 saturated heterocycles. The molecule has 0 amide bonds. The second-order valence-corrected chi connectivity index (χ2v) is 13.8. The highest BCUT2D eigenvalue weighted by atomic mass is 28.4. The normalized spacial score (nSPS) is 21.4. The molecule has 4 nitrogen and oxygen atoms in total. The molecule has 152 valence electrons. The van der Waals surface area contributed by atoms with Gasteiger partial charge in [-0.2, -0.15) is 0 Å². The van der Waals surface area contributed by atoms with Crippen LogP contribution in [-0.2, 0) is 20.4 Å². The van der Waals surface area contributed by atoms with Gasteiger partial charge >= 0.3 is 5.97 Å². The molecule has 1 aromatic carbocycles. The Bertz CT molecular complexity index is 597. The van der Waals surface area contributed by atoms with Crippen molar-refractivity contribution in [1.29, 1.82) is 0 Å². The van der Waals surface area contributed by atoms with Gasteiger partial charge in [-0.15, -0.1) is 0 Å². The van der Waals surface area contributed by atoms with Crippen LogP contribution in [0.4, 0.5) is 0 Å². The van der Waals surface area contributed by atoms with Gasteiger partial charge in [0.25, 0.3) is 0 Å². The van der Waals surface area contributed by atoms with Gasteiger partial charge in [0.1, 0.15) is 6.04 Å². The van der Waals surface area contributed by atoms with E-state index in [9.17, 15) is 4.79 Å². The molecule has 2 atom stereocenters. The van der Waals surface area contributed by atoms with Gasteiger partial charge in [-0.3, -0.25) is 9.69 Å². The van der Waals surface area contributed by atoms with Crippen LogP contribution in [-0.4, -0.2) is 51.0 Å². The molecule has 0 N–H and O–H groups in total. The summed E-state index contributed by atoms with van der Waals surface area (Å²) < 4.78 is 11.9. The van der Waals surface area contributed by atoms with Crippen molar-refractivity contribution in [3.63, 3.8) is 0 Å². The highest BCUT2D eigenvalue weighted by Gasteiger charge is 2.44. The second kappa shape index (κ2) is 9.35. The van der Waals surface area contributed by atoms with Gasteiger partial charge in [-0.25, -0.2) is 0 Å². The van der Waals surface area contributed by atoms with Crippen LogP contribution in [0.3, 0.4) is 0 Å². The summed E-state index contributed by atoms with van der Waals surface area (Å²) in [6.07, 6.45) is 2.93. The lowest BCUT2D eigenvalue weighted by molar-refractivity contribution is -0.148. The molecule has 1 fully saturated rings. The van der Waals surface area contributed by atoms with E-state index in [4.69, 9.17) is 9.16 Å². The third kappa shape index (κ3) is 6.16. The van der Waals surface area contributed by atoms with Crippen LogP contribution in [0.25, 0.3) is 0 Å². The molecule has 2 rings (SSSR count). The predicted molar refractivity (Wildman–Crippen MR) is 113 cm³/mol. The number of ether oxygens (including phenoxy) is 1. The minimum atomic E-state index is -1.85. The first-order valence-electron chi connectivity index (χ1n) is 10.3. The van der Waals surface area contributed by atoms with Crippen LogP contribution in [0.1, 0.15) is 46.1 Å². The fourth-order valence-electron chi connectivity index (χ4n) is 3.40. The summed E-state index contributed by atoms with van der Waals surface area (Å²) in [5.74, 6) is -0.0986. The van der Waals surface area contributed by atoms with E-state index in [0.29, 0.717) is 6.61 Å². The van der Waals surface area contributed by atoms with E-state index < -0.39 is 8.32 Å². The summed E-state index contributed by atoms with van der Waals surface area (Å²) in [5.41, 5.74) is 1.35. The lowest BCUT2D eigenvalue weighted by Crippen LogP contribution is -2.44. The maximum Gasteiger partial charge on any atom is 0.323 e. The predicted octanol–water partition coefficient (Wildman–Crippen LogP) is 4.65. The third-order valence-corrected chi connectivity index (χ3v) is 10.5. The van der Waals surface area contributed by atoms with E-state index in [1.54, 1.807) is 0 Å². The van der Waals surface area contributed by atoms with Crippen molar-refractivity contribution in [2.24, 2.45) is 0 Å². The molecule has 1 aliphatic heterocycles. The van der Waals surface area contributed by atoms with Crippen LogP contribution in [0, 0.1) is 0 Å². The molecule has 0 radical (unpaired) electrons. The SMILES string of the molecule is CCOC(=O)[C@@H]1C[C@@H](O[Si](C)(C)C(C)(C)C)CN1CCCc1ccccc1. The third-order valence-electron chi connectivity index (χ3n) is 5.94. The van der Waals surface area contributed by atoms with E-state index in [1.165, 1.54) is 5.56 Å². The number of nitrogens with zero attached hydrogens (tertiary/aromatic N) is 1. The number of benzene rings is 1. The van der Waals surface area contributed by atoms with Crippen molar-refractivity contribution < 1.29 is 14.0 Å². The van der Waals surface area contributed by atoms with Gasteiger partial charge in [0.15, 0.2) is 8.32 Å². The smallest absolute Gasteiger partial charge is 0.323 e. The summed E-state index contributed by atoms with van der Waals surface area (Å²) in [5, 5.41) is 0.174. The van der Waals surface area contributed by atoms with Crippen molar-refractivity contribution >= 4 is 14.3 Å². The Morgan fingerprint density at radius 2 is 1.89 bits per heavy atom. The number of esters is 1. The van der Waals surface area contributed by atoms with Crippen molar-refractivity contribution in [2.45, 2.75) is 77.2 Å². The molecule has 0 bridgehead atoms. The molecule has 1 heterocycles. The van der Waals surface area contributed by atoms with E-state index in [1.807, 2.05) is 13.0 Å². The van der Waals surface area contributed by atoms with Crippen LogP contribution in [0.5, 0.6) is 0 Å². The minimum Gasteiger partial charge on any atom is -0.465 e. The fraction of sp³-hybridized carbons (Fsp3) is 0.682. The van der Waals surface area contributed by atoms with Gasteiger partial charge in [0, 0.05) is 6.54 Å². The first kappa shape index (κ1) is 22.1. The molecule has 5 heteroatoms. The van der Waals surface area contributed by atoms with Crippen molar-refractivity contribution in [2.75, 3.05) is 19.7 Å². The van der Waals surface area contributed by atoms with E-state index in [-0.39, 0.29) is 23.2 Å². The topological polar surface area (TPSA) is 38.8 Å². The molecule has 0 aliphatic carbocycles. The number of likely N-dealkylation sites (tertiary alicyclic amines) is 1. The summed E-state index contributed by atoms with van der Waals surface area (Å²) in [4.78, 5) is 14.8. The zero-order valence-electron chi connectivity index (χ0n) is 18.0. The molecular formula is C22H37NO3Si. The van der Waals surface area contributed by atoms with E-state index >= 15 is 0 Å². The van der Waals surface area contributed by atoms with Gasteiger partial charge in [-0.05, 0) is 56.4 Å². The average molecular weight is 392 g/mol. The highest BCUT2D eigenvalue weighted by Crippen LogP contribution is 2.39. The first-order valence-corrected chi connectivity index (χ1v) is 13.2. The largest absolute Gasteiger partial charge is 0.465 e. The molecule has 0 saturated carbocycles. The number of carbonyl (C=O) groups excluding carboxylic acids is 1. The number of carbonyl (C=O) groups is 1. The Balaban J connectivity index is 1.98. The van der Waals surface area contributed by atoms with Crippen molar-refractivity contribution in [3.8, 4) is 0 Å². The molecule has 1 aromatic rings. The lowest BCUT2D eigenvalue weighted by atomic mass is 10.1. The van der Waals surface area contributed by atoms with Crippen LogP contribution in [0.15, 0.2) is 30.3 Å². The number of rotatable bonds is 8. The molecular weight excluding hydrogens is 354 g/mol. The zero-order chi connectivity index (χ0) is 20.1. The number of aryl methyl sites for hydroxylation is 1. The Hall–Kier alpha value is -1.17. The molecule has 0 spiro atoms. The van der Waals surface area contributed by atoms with Gasteiger partial charge in [0.05, 0.1) is 12.7 Å². The first-order chi connectivity index (χ1) is 12.6. The Kier molecular flexibility index (Phi) is 7.66. The van der Waals surface area contributed by atoms with Crippen molar-refractivity contribution in [1.82, 2.24) is 4.90 Å². The van der Waals surface area contributed by atoms with Gasteiger partial charge < -0.3 is 9.16 Å². The van der Waals surface area contributed by atoms with Gasteiger partial charge in [0.2, 0.25) is 0 Å².